The predicted molar refractivity (Wildman–Crippen MR) is 91.0 cm³/mol. The largest absolute Gasteiger partial charge is 0.391 e. The molecule has 1 aliphatic rings. The van der Waals surface area contributed by atoms with E-state index in [-0.39, 0.29) is 36.6 Å². The Morgan fingerprint density at radius 1 is 1.30 bits per heavy atom. The first-order valence-electron chi connectivity index (χ1n) is 6.86. The topological polar surface area (TPSA) is 103 Å². The van der Waals surface area contributed by atoms with Gasteiger partial charge in [0.15, 0.2) is 0 Å². The third-order valence-electron chi connectivity index (χ3n) is 3.68. The van der Waals surface area contributed by atoms with Gasteiger partial charge in [0.2, 0.25) is 0 Å². The van der Waals surface area contributed by atoms with Gasteiger partial charge in [-0.15, -0.1) is 24.8 Å². The van der Waals surface area contributed by atoms with E-state index in [0.717, 1.165) is 5.56 Å². The summed E-state index contributed by atoms with van der Waals surface area (Å²) in [6.07, 6.45) is 4.43. The molecule has 1 aliphatic heterocycles. The first kappa shape index (κ1) is 19.4. The average Bonchev–Trinajstić information content (AvgIpc) is 3.15. The number of β-amino-alcohol motifs (C(OH)–C–C–N with tert-alkyl or cyclic N) is 1. The first-order chi connectivity index (χ1) is 10.3. The lowest BCUT2D eigenvalue weighted by Gasteiger charge is -2.14. The quantitative estimate of drug-likeness (QED) is 0.640. The third-order valence-corrected chi connectivity index (χ3v) is 3.68. The lowest BCUT2D eigenvalue weighted by Crippen LogP contribution is -2.34. The SMILES string of the molecule is Cl.Cl.O=C(NCC1CNCC1O)c1cn[nH]c1-c1ccncc1. The van der Waals surface area contributed by atoms with Crippen molar-refractivity contribution in [2.24, 2.45) is 5.92 Å². The number of pyridine rings is 1. The molecule has 0 radical (unpaired) electrons. The highest BCUT2D eigenvalue weighted by molar-refractivity contribution is 5.99. The van der Waals surface area contributed by atoms with Crippen LogP contribution in [0.4, 0.5) is 0 Å². The molecule has 3 rings (SSSR count). The molecule has 0 spiro atoms. The second kappa shape index (κ2) is 8.83. The van der Waals surface area contributed by atoms with Crippen molar-refractivity contribution in [2.75, 3.05) is 19.6 Å². The highest BCUT2D eigenvalue weighted by Crippen LogP contribution is 2.20. The Morgan fingerprint density at radius 2 is 2.04 bits per heavy atom. The summed E-state index contributed by atoms with van der Waals surface area (Å²) in [5.41, 5.74) is 2.01. The maximum atomic E-state index is 12.3. The van der Waals surface area contributed by atoms with Gasteiger partial charge in [-0.25, -0.2) is 0 Å². The molecule has 2 aromatic heterocycles. The van der Waals surface area contributed by atoms with Gasteiger partial charge in [0, 0.05) is 43.5 Å². The highest BCUT2D eigenvalue weighted by atomic mass is 35.5. The maximum absolute atomic E-state index is 12.3. The molecular formula is C14H19Cl2N5O2. The monoisotopic (exact) mass is 359 g/mol. The van der Waals surface area contributed by atoms with Gasteiger partial charge in [-0.05, 0) is 12.1 Å². The molecule has 7 nitrogen and oxygen atoms in total. The van der Waals surface area contributed by atoms with Gasteiger partial charge < -0.3 is 15.7 Å². The van der Waals surface area contributed by atoms with Crippen LogP contribution in [0.3, 0.4) is 0 Å². The van der Waals surface area contributed by atoms with E-state index in [1.807, 2.05) is 12.1 Å². The second-order valence-corrected chi connectivity index (χ2v) is 5.09. The fourth-order valence-corrected chi connectivity index (χ4v) is 2.44. The number of aromatic nitrogens is 3. The van der Waals surface area contributed by atoms with Gasteiger partial charge >= 0.3 is 0 Å². The summed E-state index contributed by atoms with van der Waals surface area (Å²) in [4.78, 5) is 16.2. The van der Waals surface area contributed by atoms with Crippen molar-refractivity contribution in [2.45, 2.75) is 6.10 Å². The minimum atomic E-state index is -0.408. The Labute approximate surface area is 146 Å². The van der Waals surface area contributed by atoms with Crippen LogP contribution in [0.15, 0.2) is 30.7 Å². The number of carbonyl (C=O) groups excluding carboxylic acids is 1. The number of halogens is 2. The Balaban J connectivity index is 0.00000132. The molecule has 0 aromatic carbocycles. The standard InChI is InChI=1S/C14H17N5O2.2ClH/c20-12-8-16-5-10(12)6-17-14(21)11-7-18-19-13(11)9-1-3-15-4-2-9;;/h1-4,7,10,12,16,20H,5-6,8H2,(H,17,21)(H,18,19);2*1H. The number of amides is 1. The first-order valence-corrected chi connectivity index (χ1v) is 6.86. The molecule has 2 unspecified atom stereocenters. The molecule has 126 valence electrons. The number of hydrogen-bond donors (Lipinski definition) is 4. The maximum Gasteiger partial charge on any atom is 0.255 e. The Morgan fingerprint density at radius 3 is 2.70 bits per heavy atom. The Bertz CT molecular complexity index is 623. The molecule has 2 aromatic rings. The number of hydrogen-bond acceptors (Lipinski definition) is 5. The van der Waals surface area contributed by atoms with Gasteiger partial charge in [-0.3, -0.25) is 14.9 Å². The number of nitrogens with zero attached hydrogens (tertiary/aromatic N) is 2. The van der Waals surface area contributed by atoms with E-state index in [1.165, 1.54) is 6.20 Å². The summed E-state index contributed by atoms with van der Waals surface area (Å²) in [7, 11) is 0. The minimum absolute atomic E-state index is 0. The smallest absolute Gasteiger partial charge is 0.255 e. The van der Waals surface area contributed by atoms with Crippen LogP contribution in [0.25, 0.3) is 11.3 Å². The van der Waals surface area contributed by atoms with Crippen LogP contribution in [0, 0.1) is 5.92 Å². The van der Waals surface area contributed by atoms with Crippen molar-refractivity contribution in [1.29, 1.82) is 0 Å². The highest BCUT2D eigenvalue weighted by Gasteiger charge is 2.25. The summed E-state index contributed by atoms with van der Waals surface area (Å²) >= 11 is 0. The molecular weight excluding hydrogens is 341 g/mol. The average molecular weight is 360 g/mol. The zero-order chi connectivity index (χ0) is 14.7. The van der Waals surface area contributed by atoms with Crippen LogP contribution in [-0.4, -0.2) is 51.9 Å². The van der Waals surface area contributed by atoms with Crippen LogP contribution in [-0.2, 0) is 0 Å². The molecule has 3 heterocycles. The van der Waals surface area contributed by atoms with Crippen molar-refractivity contribution in [1.82, 2.24) is 25.8 Å². The van der Waals surface area contributed by atoms with E-state index in [1.54, 1.807) is 12.4 Å². The summed E-state index contributed by atoms with van der Waals surface area (Å²) in [6.45, 7) is 1.73. The van der Waals surface area contributed by atoms with Gasteiger partial charge in [-0.2, -0.15) is 5.10 Å². The van der Waals surface area contributed by atoms with Gasteiger partial charge in [-0.1, -0.05) is 0 Å². The van der Waals surface area contributed by atoms with Crippen molar-refractivity contribution in [3.8, 4) is 11.3 Å². The predicted octanol–water partition coefficient (Wildman–Crippen LogP) is 0.625. The summed E-state index contributed by atoms with van der Waals surface area (Å²) in [5, 5.41) is 22.5. The molecule has 23 heavy (non-hydrogen) atoms. The summed E-state index contributed by atoms with van der Waals surface area (Å²) in [6, 6.07) is 3.63. The zero-order valence-electron chi connectivity index (χ0n) is 12.2. The van der Waals surface area contributed by atoms with E-state index >= 15 is 0 Å². The van der Waals surface area contributed by atoms with E-state index in [4.69, 9.17) is 0 Å². The number of rotatable bonds is 4. The van der Waals surface area contributed by atoms with E-state index in [2.05, 4.69) is 25.8 Å². The molecule has 0 saturated carbocycles. The number of aliphatic hydroxyl groups excluding tert-OH is 1. The number of nitrogens with one attached hydrogen (secondary N) is 3. The molecule has 0 aliphatic carbocycles. The molecule has 0 bridgehead atoms. The molecule has 2 atom stereocenters. The van der Waals surface area contributed by atoms with Crippen LogP contribution < -0.4 is 10.6 Å². The number of carbonyl (C=O) groups is 1. The van der Waals surface area contributed by atoms with E-state index in [9.17, 15) is 9.90 Å². The van der Waals surface area contributed by atoms with Crippen molar-refractivity contribution >= 4 is 30.7 Å². The molecule has 9 heteroatoms. The fraction of sp³-hybridized carbons (Fsp3) is 0.357. The van der Waals surface area contributed by atoms with Gasteiger partial charge in [0.1, 0.15) is 0 Å². The van der Waals surface area contributed by atoms with Crippen molar-refractivity contribution in [3.63, 3.8) is 0 Å². The number of H-pyrrole nitrogens is 1. The Kier molecular flexibility index (Phi) is 7.44. The molecule has 1 fully saturated rings. The number of aromatic amines is 1. The van der Waals surface area contributed by atoms with Crippen molar-refractivity contribution < 1.29 is 9.90 Å². The van der Waals surface area contributed by atoms with E-state index < -0.39 is 6.10 Å². The normalized spacial score (nSPS) is 19.5. The summed E-state index contributed by atoms with van der Waals surface area (Å²) < 4.78 is 0. The summed E-state index contributed by atoms with van der Waals surface area (Å²) in [5.74, 6) is -0.153. The van der Waals surface area contributed by atoms with Gasteiger partial charge in [0.25, 0.3) is 5.91 Å². The lowest BCUT2D eigenvalue weighted by molar-refractivity contribution is 0.0928. The Hall–Kier alpha value is -1.67. The lowest BCUT2D eigenvalue weighted by atomic mass is 10.1. The van der Waals surface area contributed by atoms with Crippen LogP contribution in [0.5, 0.6) is 0 Å². The molecule has 4 N–H and O–H groups in total. The molecule has 1 amide bonds. The number of aliphatic hydroxyl groups is 1. The second-order valence-electron chi connectivity index (χ2n) is 5.09. The van der Waals surface area contributed by atoms with Crippen LogP contribution in [0.2, 0.25) is 0 Å². The fourth-order valence-electron chi connectivity index (χ4n) is 2.44. The van der Waals surface area contributed by atoms with E-state index in [0.29, 0.717) is 30.9 Å². The molecule has 1 saturated heterocycles. The van der Waals surface area contributed by atoms with Crippen LogP contribution in [0.1, 0.15) is 10.4 Å². The zero-order valence-corrected chi connectivity index (χ0v) is 13.9. The third kappa shape index (κ3) is 4.42. The van der Waals surface area contributed by atoms with Crippen LogP contribution >= 0.6 is 24.8 Å². The van der Waals surface area contributed by atoms with Crippen molar-refractivity contribution in [3.05, 3.63) is 36.3 Å². The van der Waals surface area contributed by atoms with Gasteiger partial charge in [0.05, 0.1) is 23.6 Å². The minimum Gasteiger partial charge on any atom is -0.391 e.